The second-order valence-electron chi connectivity index (χ2n) is 8.21. The van der Waals surface area contributed by atoms with Gasteiger partial charge in [0.25, 0.3) is 5.56 Å². The predicted molar refractivity (Wildman–Crippen MR) is 148 cm³/mol. The highest BCUT2D eigenvalue weighted by Gasteiger charge is 2.33. The molecule has 38 heavy (non-hydrogen) atoms. The molecule has 1 aliphatic rings. The minimum atomic E-state index is -0.734. The fourth-order valence-corrected chi connectivity index (χ4v) is 5.79. The molecule has 198 valence electrons. The lowest BCUT2D eigenvalue weighted by Crippen LogP contribution is -2.39. The van der Waals surface area contributed by atoms with Crippen molar-refractivity contribution in [3.63, 3.8) is 0 Å². The number of carbonyl (C=O) groups is 2. The number of thiazole rings is 1. The average Bonchev–Trinajstić information content (AvgIpc) is 3.15. The zero-order valence-corrected chi connectivity index (χ0v) is 24.2. The summed E-state index contributed by atoms with van der Waals surface area (Å²) in [4.78, 5) is 43.4. The molecule has 2 heterocycles. The van der Waals surface area contributed by atoms with E-state index < -0.39 is 18.0 Å². The third kappa shape index (κ3) is 5.62. The number of hydrogen-bond acceptors (Lipinski definition) is 8. The van der Waals surface area contributed by atoms with Crippen LogP contribution in [0, 0.1) is 0 Å². The topological polar surface area (TPSA) is 96.2 Å². The number of rotatable bonds is 7. The maximum absolute atomic E-state index is 13.8. The quantitative estimate of drug-likeness (QED) is 0.285. The highest BCUT2D eigenvalue weighted by atomic mass is 79.9. The van der Waals surface area contributed by atoms with E-state index in [0.717, 1.165) is 0 Å². The van der Waals surface area contributed by atoms with E-state index in [1.54, 1.807) is 56.3 Å². The molecule has 4 rings (SSSR count). The average molecular weight is 620 g/mol. The van der Waals surface area contributed by atoms with E-state index in [2.05, 4.69) is 20.9 Å². The van der Waals surface area contributed by atoms with Crippen LogP contribution in [0.25, 0.3) is 6.08 Å². The van der Waals surface area contributed by atoms with Crippen LogP contribution < -0.4 is 24.4 Å². The zero-order chi connectivity index (χ0) is 27.6. The third-order valence-corrected chi connectivity index (χ3v) is 7.40. The highest BCUT2D eigenvalue weighted by molar-refractivity contribution is 9.10. The summed E-state index contributed by atoms with van der Waals surface area (Å²) >= 11 is 10.7. The van der Waals surface area contributed by atoms with Crippen molar-refractivity contribution in [3.05, 3.63) is 88.0 Å². The molecule has 0 saturated heterocycles. The van der Waals surface area contributed by atoms with Gasteiger partial charge in [-0.3, -0.25) is 14.2 Å². The maximum Gasteiger partial charge on any atom is 0.338 e. The van der Waals surface area contributed by atoms with Crippen LogP contribution in [0.15, 0.2) is 61.9 Å². The molecular formula is C27H24BrClN2O6S. The molecular weight excluding hydrogens is 596 g/mol. The van der Waals surface area contributed by atoms with Gasteiger partial charge in [-0.25, -0.2) is 9.79 Å². The summed E-state index contributed by atoms with van der Waals surface area (Å²) in [5, 5.41) is 0.535. The molecule has 1 aromatic heterocycles. The van der Waals surface area contributed by atoms with Crippen molar-refractivity contribution >= 4 is 56.9 Å². The van der Waals surface area contributed by atoms with Gasteiger partial charge in [-0.1, -0.05) is 35.1 Å². The van der Waals surface area contributed by atoms with Crippen molar-refractivity contribution < 1.29 is 23.8 Å². The van der Waals surface area contributed by atoms with Crippen LogP contribution in [-0.4, -0.2) is 29.7 Å². The van der Waals surface area contributed by atoms with Crippen molar-refractivity contribution in [2.24, 2.45) is 4.99 Å². The second kappa shape index (κ2) is 11.7. The van der Waals surface area contributed by atoms with Crippen molar-refractivity contribution in [1.82, 2.24) is 4.57 Å². The van der Waals surface area contributed by atoms with E-state index in [1.165, 1.54) is 22.8 Å². The van der Waals surface area contributed by atoms with Crippen LogP contribution in [-0.2, 0) is 14.3 Å². The van der Waals surface area contributed by atoms with E-state index in [-0.39, 0.29) is 17.9 Å². The Labute approximate surface area is 236 Å². The Morgan fingerprint density at radius 2 is 1.89 bits per heavy atom. The summed E-state index contributed by atoms with van der Waals surface area (Å²) < 4.78 is 18.7. The molecule has 0 aliphatic carbocycles. The Bertz CT molecular complexity index is 1620. The van der Waals surface area contributed by atoms with Crippen LogP contribution in [0.3, 0.4) is 0 Å². The van der Waals surface area contributed by atoms with Gasteiger partial charge in [0.15, 0.2) is 16.3 Å². The maximum atomic E-state index is 13.8. The van der Waals surface area contributed by atoms with Crippen molar-refractivity contribution in [3.8, 4) is 11.5 Å². The molecule has 2 aromatic carbocycles. The predicted octanol–water partition coefficient (Wildman–Crippen LogP) is 4.54. The SMILES string of the molecule is CCOC(=O)C1=C(C)N=c2s/c(=C\c3cc(Br)c(OC(C)=O)c(OCC)c3)c(=O)n2[C@H]1c1ccc(Cl)cc1. The molecule has 1 aliphatic heterocycles. The van der Waals surface area contributed by atoms with Gasteiger partial charge < -0.3 is 14.2 Å². The van der Waals surface area contributed by atoms with Crippen LogP contribution in [0.2, 0.25) is 5.02 Å². The van der Waals surface area contributed by atoms with Crippen molar-refractivity contribution in [1.29, 1.82) is 0 Å². The van der Waals surface area contributed by atoms with E-state index in [9.17, 15) is 14.4 Å². The number of ether oxygens (including phenoxy) is 3. The van der Waals surface area contributed by atoms with Crippen LogP contribution >= 0.6 is 38.9 Å². The summed E-state index contributed by atoms with van der Waals surface area (Å²) in [6, 6.07) is 9.66. The Morgan fingerprint density at radius 1 is 1.18 bits per heavy atom. The number of esters is 2. The largest absolute Gasteiger partial charge is 0.490 e. The Hall–Kier alpha value is -3.21. The first kappa shape index (κ1) is 27.8. The number of halogens is 2. The molecule has 0 unspecified atom stereocenters. The third-order valence-electron chi connectivity index (χ3n) is 5.58. The van der Waals surface area contributed by atoms with Gasteiger partial charge in [-0.05, 0) is 78.2 Å². The van der Waals surface area contributed by atoms with Crippen molar-refractivity contribution in [2.45, 2.75) is 33.7 Å². The fourth-order valence-electron chi connectivity index (χ4n) is 4.08. The standard InChI is InChI=1S/C27H24BrClN2O6S/c1-5-35-20-12-16(11-19(28)24(20)37-15(4)32)13-21-25(33)31-23(17-7-9-18(29)10-8-17)22(26(34)36-6-2)14(3)30-27(31)38-21/h7-13,23H,5-6H2,1-4H3/b21-13-/t23-/m0/s1. The van der Waals surface area contributed by atoms with Gasteiger partial charge >= 0.3 is 11.9 Å². The Kier molecular flexibility index (Phi) is 8.54. The lowest BCUT2D eigenvalue weighted by molar-refractivity contribution is -0.139. The second-order valence-corrected chi connectivity index (χ2v) is 10.5. The van der Waals surface area contributed by atoms with Gasteiger partial charge in [0.05, 0.1) is 39.5 Å². The first-order valence-corrected chi connectivity index (χ1v) is 13.7. The fraction of sp³-hybridized carbons (Fsp3) is 0.259. The Balaban J connectivity index is 1.91. The van der Waals surface area contributed by atoms with Crippen LogP contribution in [0.4, 0.5) is 0 Å². The number of allylic oxidation sites excluding steroid dienone is 1. The van der Waals surface area contributed by atoms with Gasteiger partial charge in [-0.2, -0.15) is 0 Å². The lowest BCUT2D eigenvalue weighted by Gasteiger charge is -2.24. The smallest absolute Gasteiger partial charge is 0.338 e. The molecule has 1 atom stereocenters. The first-order valence-electron chi connectivity index (χ1n) is 11.7. The molecule has 0 amide bonds. The van der Waals surface area contributed by atoms with E-state index >= 15 is 0 Å². The lowest BCUT2D eigenvalue weighted by atomic mass is 9.96. The summed E-state index contributed by atoms with van der Waals surface area (Å²) in [6.45, 7) is 7.11. The van der Waals surface area contributed by atoms with Gasteiger partial charge in [0.2, 0.25) is 0 Å². The van der Waals surface area contributed by atoms with Crippen LogP contribution in [0.5, 0.6) is 11.5 Å². The summed E-state index contributed by atoms with van der Waals surface area (Å²) in [5.41, 5.74) is 1.79. The zero-order valence-electron chi connectivity index (χ0n) is 21.0. The first-order chi connectivity index (χ1) is 18.1. The van der Waals surface area contributed by atoms with E-state index in [1.807, 2.05) is 6.92 Å². The number of hydrogen-bond donors (Lipinski definition) is 0. The number of benzene rings is 2. The molecule has 0 bridgehead atoms. The minimum absolute atomic E-state index is 0.188. The minimum Gasteiger partial charge on any atom is -0.490 e. The summed E-state index contributed by atoms with van der Waals surface area (Å²) in [7, 11) is 0. The van der Waals surface area contributed by atoms with Gasteiger partial charge in [0, 0.05) is 11.9 Å². The molecule has 0 N–H and O–H groups in total. The van der Waals surface area contributed by atoms with Gasteiger partial charge in [-0.15, -0.1) is 0 Å². The number of carbonyl (C=O) groups excluding carboxylic acids is 2. The van der Waals surface area contributed by atoms with Gasteiger partial charge in [0.1, 0.15) is 0 Å². The normalized spacial score (nSPS) is 15.1. The van der Waals surface area contributed by atoms with Crippen molar-refractivity contribution in [2.75, 3.05) is 13.2 Å². The monoisotopic (exact) mass is 618 g/mol. The summed E-state index contributed by atoms with van der Waals surface area (Å²) in [5.74, 6) is -0.400. The number of fused-ring (bicyclic) bond motifs is 1. The molecule has 8 nitrogen and oxygen atoms in total. The molecule has 0 spiro atoms. The molecule has 0 fully saturated rings. The van der Waals surface area contributed by atoms with E-state index in [4.69, 9.17) is 25.8 Å². The molecule has 0 saturated carbocycles. The summed E-state index contributed by atoms with van der Waals surface area (Å²) in [6.07, 6.45) is 1.71. The number of aromatic nitrogens is 1. The molecule has 3 aromatic rings. The van der Waals surface area contributed by atoms with E-state index in [0.29, 0.717) is 53.6 Å². The molecule has 0 radical (unpaired) electrons. The molecule has 11 heteroatoms. The van der Waals surface area contributed by atoms with Crippen LogP contribution in [0.1, 0.15) is 44.9 Å². The Morgan fingerprint density at radius 3 is 2.53 bits per heavy atom. The highest BCUT2D eigenvalue weighted by Crippen LogP contribution is 2.37. The number of nitrogens with zero attached hydrogens (tertiary/aromatic N) is 2.